The summed E-state index contributed by atoms with van der Waals surface area (Å²) in [6.07, 6.45) is 3.34. The molecule has 4 nitrogen and oxygen atoms in total. The van der Waals surface area contributed by atoms with Crippen molar-refractivity contribution in [3.63, 3.8) is 0 Å². The van der Waals surface area contributed by atoms with Crippen molar-refractivity contribution in [1.29, 1.82) is 0 Å². The molecule has 2 rings (SSSR count). The van der Waals surface area contributed by atoms with E-state index in [0.717, 1.165) is 10.1 Å². The molecule has 2 aromatic rings. The second kappa shape index (κ2) is 4.00. The third-order valence-electron chi connectivity index (χ3n) is 2.11. The number of pyridine rings is 1. The van der Waals surface area contributed by atoms with Gasteiger partial charge < -0.3 is 10.5 Å². The first-order chi connectivity index (χ1) is 7.88. The molecule has 2 aromatic heterocycles. The molecule has 0 atom stereocenters. The van der Waals surface area contributed by atoms with Crippen LogP contribution in [-0.2, 0) is 4.74 Å². The van der Waals surface area contributed by atoms with Crippen LogP contribution in [-0.4, -0.2) is 16.6 Å². The molecule has 90 valence electrons. The number of nitrogens with zero attached hydrogens (tertiary/aromatic N) is 1. The number of carbonyl (C=O) groups is 1. The second-order valence-corrected chi connectivity index (χ2v) is 5.77. The Bertz CT molecular complexity index is 569. The van der Waals surface area contributed by atoms with Crippen molar-refractivity contribution in [2.24, 2.45) is 0 Å². The highest BCUT2D eigenvalue weighted by Crippen LogP contribution is 2.33. The van der Waals surface area contributed by atoms with Crippen LogP contribution in [0.2, 0.25) is 0 Å². The molecule has 0 aliphatic carbocycles. The number of anilines is 1. The minimum atomic E-state index is -0.516. The van der Waals surface area contributed by atoms with Crippen LogP contribution >= 0.6 is 11.3 Å². The average Bonchev–Trinajstić information content (AvgIpc) is 2.55. The van der Waals surface area contributed by atoms with Crippen LogP contribution in [0.1, 0.15) is 30.4 Å². The number of esters is 1. The number of rotatable bonds is 1. The Morgan fingerprint density at radius 2 is 2.18 bits per heavy atom. The lowest BCUT2D eigenvalue weighted by molar-refractivity contribution is 0.00765. The monoisotopic (exact) mass is 250 g/mol. The number of thiophene rings is 1. The smallest absolute Gasteiger partial charge is 0.351 e. The van der Waals surface area contributed by atoms with Gasteiger partial charge in [-0.15, -0.1) is 11.3 Å². The molecule has 0 aliphatic rings. The van der Waals surface area contributed by atoms with Gasteiger partial charge in [0.05, 0.1) is 5.69 Å². The van der Waals surface area contributed by atoms with Gasteiger partial charge in [0.1, 0.15) is 10.5 Å². The fourth-order valence-electron chi connectivity index (χ4n) is 1.44. The van der Waals surface area contributed by atoms with Crippen LogP contribution in [0, 0.1) is 0 Å². The van der Waals surface area contributed by atoms with E-state index in [4.69, 9.17) is 10.5 Å². The molecule has 0 aromatic carbocycles. The summed E-state index contributed by atoms with van der Waals surface area (Å²) in [7, 11) is 0. The highest BCUT2D eigenvalue weighted by atomic mass is 32.1. The van der Waals surface area contributed by atoms with Crippen LogP contribution in [0.3, 0.4) is 0 Å². The number of nitrogen functional groups attached to an aromatic ring is 1. The largest absolute Gasteiger partial charge is 0.456 e. The molecule has 0 amide bonds. The summed E-state index contributed by atoms with van der Waals surface area (Å²) >= 11 is 1.33. The molecule has 0 aliphatic heterocycles. The zero-order valence-electron chi connectivity index (χ0n) is 9.98. The molecule has 0 saturated heterocycles. The number of ether oxygens (including phenoxy) is 1. The first kappa shape index (κ1) is 11.9. The lowest BCUT2D eigenvalue weighted by atomic mass is 10.2. The van der Waals surface area contributed by atoms with Crippen molar-refractivity contribution < 1.29 is 9.53 Å². The number of nitrogens with two attached hydrogens (primary N) is 1. The lowest BCUT2D eigenvalue weighted by Crippen LogP contribution is -2.23. The Morgan fingerprint density at radius 3 is 2.76 bits per heavy atom. The first-order valence-electron chi connectivity index (χ1n) is 5.24. The van der Waals surface area contributed by atoms with Gasteiger partial charge in [0.2, 0.25) is 0 Å². The molecule has 17 heavy (non-hydrogen) atoms. The molecule has 0 radical (unpaired) electrons. The van der Waals surface area contributed by atoms with Crippen LogP contribution in [0.15, 0.2) is 18.5 Å². The summed E-state index contributed by atoms with van der Waals surface area (Å²) in [6.45, 7) is 5.49. The summed E-state index contributed by atoms with van der Waals surface area (Å²) in [4.78, 5) is 16.4. The summed E-state index contributed by atoms with van der Waals surface area (Å²) in [6, 6.07) is 1.84. The fourth-order valence-corrected chi connectivity index (χ4v) is 2.40. The van der Waals surface area contributed by atoms with Crippen molar-refractivity contribution in [3.05, 3.63) is 23.3 Å². The highest BCUT2D eigenvalue weighted by Gasteiger charge is 2.22. The lowest BCUT2D eigenvalue weighted by Gasteiger charge is -2.18. The van der Waals surface area contributed by atoms with E-state index in [1.54, 1.807) is 12.4 Å². The predicted octanol–water partition coefficient (Wildman–Crippen LogP) is 2.83. The summed E-state index contributed by atoms with van der Waals surface area (Å²) in [5.41, 5.74) is 5.86. The number of aromatic nitrogens is 1. The van der Waals surface area contributed by atoms with E-state index in [2.05, 4.69) is 4.98 Å². The topological polar surface area (TPSA) is 65.2 Å². The number of hydrogen-bond acceptors (Lipinski definition) is 5. The van der Waals surface area contributed by atoms with E-state index in [1.165, 1.54) is 11.3 Å². The van der Waals surface area contributed by atoms with E-state index in [-0.39, 0.29) is 5.97 Å². The molecule has 0 fully saturated rings. The van der Waals surface area contributed by atoms with E-state index >= 15 is 0 Å². The molecule has 2 N–H and O–H groups in total. The normalized spacial score (nSPS) is 11.7. The maximum atomic E-state index is 11.9. The summed E-state index contributed by atoms with van der Waals surface area (Å²) < 4.78 is 6.25. The van der Waals surface area contributed by atoms with Crippen molar-refractivity contribution in [3.8, 4) is 0 Å². The molecule has 0 unspecified atom stereocenters. The highest BCUT2D eigenvalue weighted by molar-refractivity contribution is 7.21. The van der Waals surface area contributed by atoms with Crippen molar-refractivity contribution in [1.82, 2.24) is 4.98 Å². The van der Waals surface area contributed by atoms with Crippen LogP contribution < -0.4 is 5.73 Å². The van der Waals surface area contributed by atoms with Crippen molar-refractivity contribution in [2.45, 2.75) is 26.4 Å². The number of fused-ring (bicyclic) bond motifs is 1. The maximum absolute atomic E-state index is 11.9. The van der Waals surface area contributed by atoms with Gasteiger partial charge in [0.25, 0.3) is 0 Å². The molecule has 2 heterocycles. The number of hydrogen-bond donors (Lipinski definition) is 1. The minimum Gasteiger partial charge on any atom is -0.456 e. The zero-order valence-corrected chi connectivity index (χ0v) is 10.8. The van der Waals surface area contributed by atoms with Crippen molar-refractivity contribution >= 4 is 33.1 Å². The molecule has 0 bridgehead atoms. The van der Waals surface area contributed by atoms with Crippen molar-refractivity contribution in [2.75, 3.05) is 5.73 Å². The molecule has 0 saturated carbocycles. The Labute approximate surface area is 103 Å². The SMILES string of the molecule is CC(C)(C)OC(=O)c1sc2ccncc2c1N. The van der Waals surface area contributed by atoms with E-state index in [0.29, 0.717) is 10.6 Å². The van der Waals surface area contributed by atoms with E-state index in [9.17, 15) is 4.79 Å². The fraction of sp³-hybridized carbons (Fsp3) is 0.333. The number of carbonyl (C=O) groups excluding carboxylic acids is 1. The van der Waals surface area contributed by atoms with Gasteiger partial charge in [-0.2, -0.15) is 0 Å². The Hall–Kier alpha value is -1.62. The van der Waals surface area contributed by atoms with Gasteiger partial charge in [-0.3, -0.25) is 4.98 Å². The van der Waals surface area contributed by atoms with Gasteiger partial charge >= 0.3 is 5.97 Å². The molecule has 0 spiro atoms. The molecular weight excluding hydrogens is 236 g/mol. The van der Waals surface area contributed by atoms with Gasteiger partial charge in [0.15, 0.2) is 0 Å². The average molecular weight is 250 g/mol. The summed E-state index contributed by atoms with van der Waals surface area (Å²) in [5.74, 6) is -0.379. The van der Waals surface area contributed by atoms with Crippen LogP contribution in [0.4, 0.5) is 5.69 Å². The standard InChI is InChI=1S/C12H14N2O2S/c1-12(2,3)16-11(15)10-9(13)7-6-14-5-4-8(7)17-10/h4-6H,13H2,1-3H3. The van der Waals surface area contributed by atoms with Gasteiger partial charge in [-0.1, -0.05) is 0 Å². The third kappa shape index (κ3) is 2.39. The Kier molecular flexibility index (Phi) is 2.79. The minimum absolute atomic E-state index is 0.379. The Balaban J connectivity index is 2.43. The quantitative estimate of drug-likeness (QED) is 0.790. The predicted molar refractivity (Wildman–Crippen MR) is 69.2 cm³/mol. The van der Waals surface area contributed by atoms with E-state index in [1.807, 2.05) is 26.8 Å². The Morgan fingerprint density at radius 1 is 1.47 bits per heavy atom. The second-order valence-electron chi connectivity index (χ2n) is 4.72. The van der Waals surface area contributed by atoms with Gasteiger partial charge in [0, 0.05) is 22.5 Å². The van der Waals surface area contributed by atoms with Gasteiger partial charge in [-0.25, -0.2) is 4.79 Å². The van der Waals surface area contributed by atoms with E-state index < -0.39 is 5.60 Å². The molecular formula is C12H14N2O2S. The van der Waals surface area contributed by atoms with Crippen LogP contribution in [0.5, 0.6) is 0 Å². The van der Waals surface area contributed by atoms with Gasteiger partial charge in [-0.05, 0) is 26.8 Å². The molecule has 5 heteroatoms. The van der Waals surface area contributed by atoms with Crippen LogP contribution in [0.25, 0.3) is 10.1 Å². The maximum Gasteiger partial charge on any atom is 0.351 e. The first-order valence-corrected chi connectivity index (χ1v) is 6.05. The summed E-state index contributed by atoms with van der Waals surface area (Å²) in [5, 5.41) is 0.804. The zero-order chi connectivity index (χ0) is 12.6. The third-order valence-corrected chi connectivity index (χ3v) is 3.28.